The molecule has 0 bridgehead atoms. The first-order valence-corrected chi connectivity index (χ1v) is 14.9. The van der Waals surface area contributed by atoms with Gasteiger partial charge in [0.05, 0.1) is 4.90 Å². The zero-order valence-electron chi connectivity index (χ0n) is 22.1. The van der Waals surface area contributed by atoms with Crippen LogP contribution in [0.1, 0.15) is 26.0 Å². The molecule has 1 atom stereocenters. The van der Waals surface area contributed by atoms with E-state index in [4.69, 9.17) is 11.6 Å². The molecular weight excluding hydrogens is 581 g/mol. The van der Waals surface area contributed by atoms with Crippen LogP contribution in [0.5, 0.6) is 0 Å². The monoisotopic (exact) mass is 610 g/mol. The molecule has 220 valence electrons. The summed E-state index contributed by atoms with van der Waals surface area (Å²) in [5, 5.41) is 0.688. The minimum atomic E-state index is -4.73. The summed E-state index contributed by atoms with van der Waals surface area (Å²) in [5.74, 6) is -0.429. The number of hydrogen-bond donors (Lipinski definition) is 1. The molecule has 14 heteroatoms. The van der Waals surface area contributed by atoms with E-state index in [9.17, 15) is 26.4 Å². The van der Waals surface area contributed by atoms with E-state index in [1.165, 1.54) is 12.1 Å². The molecule has 2 aliphatic heterocycles. The summed E-state index contributed by atoms with van der Waals surface area (Å²) in [6, 6.07) is 12.0. The van der Waals surface area contributed by atoms with Gasteiger partial charge in [-0.3, -0.25) is 9.52 Å². The highest BCUT2D eigenvalue weighted by Crippen LogP contribution is 2.32. The van der Waals surface area contributed by atoms with Crippen LogP contribution in [0.15, 0.2) is 59.8 Å². The highest BCUT2D eigenvalue weighted by atomic mass is 35.5. The average molecular weight is 611 g/mol. The number of fused-ring (bicyclic) bond motifs is 1. The largest absolute Gasteiger partial charge is 0.433 e. The van der Waals surface area contributed by atoms with Crippen LogP contribution in [0.4, 0.5) is 30.4 Å². The Labute approximate surface area is 242 Å². The first-order chi connectivity index (χ1) is 19.4. The minimum Gasteiger partial charge on any atom is -0.368 e. The van der Waals surface area contributed by atoms with Crippen molar-refractivity contribution >= 4 is 44.7 Å². The van der Waals surface area contributed by atoms with Crippen molar-refractivity contribution in [2.45, 2.75) is 36.9 Å². The van der Waals surface area contributed by atoms with Crippen molar-refractivity contribution in [3.05, 3.63) is 71.1 Å². The topological polar surface area (TPSA) is 98.7 Å². The third-order valence-corrected chi connectivity index (χ3v) is 8.93. The quantitative estimate of drug-likeness (QED) is 0.433. The maximum atomic E-state index is 13.4. The highest BCUT2D eigenvalue weighted by Gasteiger charge is 2.34. The second-order valence-electron chi connectivity index (χ2n) is 9.94. The van der Waals surface area contributed by atoms with Crippen molar-refractivity contribution in [1.29, 1.82) is 0 Å². The van der Waals surface area contributed by atoms with Gasteiger partial charge >= 0.3 is 6.18 Å². The van der Waals surface area contributed by atoms with Gasteiger partial charge in [-0.2, -0.15) is 13.2 Å². The smallest absolute Gasteiger partial charge is 0.368 e. The van der Waals surface area contributed by atoms with Crippen molar-refractivity contribution in [2.75, 3.05) is 47.2 Å². The number of sulfonamides is 1. The van der Waals surface area contributed by atoms with E-state index in [0.717, 1.165) is 36.3 Å². The van der Waals surface area contributed by atoms with E-state index in [1.807, 2.05) is 30.0 Å². The number of carbonyl (C=O) groups is 1. The van der Waals surface area contributed by atoms with Gasteiger partial charge in [-0.1, -0.05) is 11.6 Å². The van der Waals surface area contributed by atoms with E-state index in [-0.39, 0.29) is 18.3 Å². The fraction of sp³-hybridized carbons (Fsp3) is 0.370. The molecule has 9 nitrogen and oxygen atoms in total. The van der Waals surface area contributed by atoms with Crippen molar-refractivity contribution in [3.8, 4) is 0 Å². The van der Waals surface area contributed by atoms with E-state index in [2.05, 4.69) is 24.5 Å². The lowest BCUT2D eigenvalue weighted by atomic mass is 10.00. The number of rotatable bonds is 6. The van der Waals surface area contributed by atoms with E-state index >= 15 is 0 Å². The SMILES string of the molecule is C[C@H](C(=O)N1CCN(c2ccc(S(=O)(=O)Nc3cc(C(F)(F)F)ncn3)cc2)CC1)N1CCCc2cc(Cl)ccc21.[HH]. The summed E-state index contributed by atoms with van der Waals surface area (Å²) in [5.41, 5.74) is 1.72. The molecule has 1 saturated heterocycles. The Morgan fingerprint density at radius 2 is 1.73 bits per heavy atom. The van der Waals surface area contributed by atoms with Crippen LogP contribution in [-0.4, -0.2) is 68.0 Å². The Morgan fingerprint density at radius 3 is 2.41 bits per heavy atom. The summed E-state index contributed by atoms with van der Waals surface area (Å²) in [4.78, 5) is 26.0. The number of benzene rings is 2. The predicted octanol–water partition coefficient (Wildman–Crippen LogP) is 4.69. The molecule has 3 heterocycles. The molecule has 1 N–H and O–H groups in total. The Hall–Kier alpha value is -3.58. The minimum absolute atomic E-state index is 0. The van der Waals surface area contributed by atoms with Crippen molar-refractivity contribution in [1.82, 2.24) is 14.9 Å². The van der Waals surface area contributed by atoms with Gasteiger partial charge in [0, 0.05) is 56.6 Å². The molecule has 0 radical (unpaired) electrons. The van der Waals surface area contributed by atoms with Gasteiger partial charge in [0.15, 0.2) is 0 Å². The molecule has 5 rings (SSSR count). The molecule has 41 heavy (non-hydrogen) atoms. The Balaban J connectivity index is 0.00000405. The number of halogens is 4. The summed E-state index contributed by atoms with van der Waals surface area (Å²) in [7, 11) is -4.18. The molecule has 1 amide bonds. The lowest BCUT2D eigenvalue weighted by molar-refractivity contribution is -0.141. The molecule has 1 aromatic heterocycles. The molecule has 2 aromatic carbocycles. The van der Waals surface area contributed by atoms with Crippen LogP contribution in [0.25, 0.3) is 0 Å². The number of carbonyl (C=O) groups excluding carboxylic acids is 1. The van der Waals surface area contributed by atoms with Crippen molar-refractivity contribution in [3.63, 3.8) is 0 Å². The van der Waals surface area contributed by atoms with E-state index in [0.29, 0.717) is 43.6 Å². The Morgan fingerprint density at radius 1 is 1.02 bits per heavy atom. The normalized spacial score (nSPS) is 16.8. The zero-order chi connectivity index (χ0) is 29.4. The number of hydrogen-bond acceptors (Lipinski definition) is 7. The average Bonchev–Trinajstić information content (AvgIpc) is 2.95. The lowest BCUT2D eigenvalue weighted by Crippen LogP contribution is -2.55. The lowest BCUT2D eigenvalue weighted by Gasteiger charge is -2.41. The summed E-state index contributed by atoms with van der Waals surface area (Å²) >= 11 is 6.16. The van der Waals surface area contributed by atoms with Crippen LogP contribution in [0.3, 0.4) is 0 Å². The molecular formula is C27H30ClF3N6O3S. The number of aryl methyl sites for hydroxylation is 1. The Bertz CT molecular complexity index is 1540. The van der Waals surface area contributed by atoms with Gasteiger partial charge in [-0.25, -0.2) is 18.4 Å². The van der Waals surface area contributed by atoms with Crippen LogP contribution in [0.2, 0.25) is 5.02 Å². The molecule has 0 unspecified atom stereocenters. The number of piperazine rings is 1. The predicted molar refractivity (Wildman–Crippen MR) is 152 cm³/mol. The van der Waals surface area contributed by atoms with Gasteiger partial charge < -0.3 is 14.7 Å². The number of nitrogens with one attached hydrogen (secondary N) is 1. The zero-order valence-corrected chi connectivity index (χ0v) is 23.7. The third kappa shape index (κ3) is 6.35. The number of anilines is 3. The van der Waals surface area contributed by atoms with Gasteiger partial charge in [0.2, 0.25) is 5.91 Å². The number of nitrogens with zero attached hydrogens (tertiary/aromatic N) is 5. The van der Waals surface area contributed by atoms with Crippen LogP contribution < -0.4 is 14.5 Å². The fourth-order valence-electron chi connectivity index (χ4n) is 5.18. The van der Waals surface area contributed by atoms with Gasteiger partial charge in [0.1, 0.15) is 23.9 Å². The highest BCUT2D eigenvalue weighted by molar-refractivity contribution is 7.92. The first-order valence-electron chi connectivity index (χ1n) is 13.0. The summed E-state index contributed by atoms with van der Waals surface area (Å²) < 4.78 is 66.2. The second-order valence-corrected chi connectivity index (χ2v) is 12.1. The Kier molecular flexibility index (Phi) is 8.02. The molecule has 0 aliphatic carbocycles. The second kappa shape index (κ2) is 11.4. The van der Waals surface area contributed by atoms with Crippen LogP contribution in [-0.2, 0) is 27.4 Å². The molecule has 3 aromatic rings. The van der Waals surface area contributed by atoms with Gasteiger partial charge in [-0.05, 0) is 67.8 Å². The molecule has 0 saturated carbocycles. The van der Waals surface area contributed by atoms with Gasteiger partial charge in [0.25, 0.3) is 10.0 Å². The third-order valence-electron chi connectivity index (χ3n) is 7.32. The first kappa shape index (κ1) is 28.9. The van der Waals surface area contributed by atoms with Crippen LogP contribution >= 0.6 is 11.6 Å². The standard InChI is InChI=1S/C27H28ClF3N6O3S.H2/c1-18(37-10-2-3-19-15-20(28)4-9-23(19)37)26(38)36-13-11-35(12-14-36)21-5-7-22(8-6-21)41(39,40)34-25-16-24(27(29,30)31)32-17-33-25;/h4-9,15-18H,2-3,10-14H2,1H3,(H,32,33,34);1H/t18-;/m1./s1. The number of alkyl halides is 3. The molecule has 1 fully saturated rings. The number of amides is 1. The van der Waals surface area contributed by atoms with Crippen LogP contribution in [0, 0.1) is 0 Å². The maximum Gasteiger partial charge on any atom is 0.433 e. The fourth-order valence-corrected chi connectivity index (χ4v) is 6.37. The molecule has 2 aliphatic rings. The number of aromatic nitrogens is 2. The maximum absolute atomic E-state index is 13.4. The van der Waals surface area contributed by atoms with Crippen molar-refractivity contribution in [2.24, 2.45) is 0 Å². The van der Waals surface area contributed by atoms with E-state index in [1.54, 1.807) is 12.1 Å². The van der Waals surface area contributed by atoms with E-state index < -0.39 is 27.7 Å². The molecule has 0 spiro atoms. The van der Waals surface area contributed by atoms with Gasteiger partial charge in [-0.15, -0.1) is 0 Å². The summed E-state index contributed by atoms with van der Waals surface area (Å²) in [6.45, 7) is 4.89. The summed E-state index contributed by atoms with van der Waals surface area (Å²) in [6.07, 6.45) is -2.20. The van der Waals surface area contributed by atoms with Crippen molar-refractivity contribution < 1.29 is 27.8 Å².